The molecule has 33 heavy (non-hydrogen) atoms. The Bertz CT molecular complexity index is 1430. The van der Waals surface area contributed by atoms with E-state index in [9.17, 15) is 0 Å². The van der Waals surface area contributed by atoms with Gasteiger partial charge in [-0.2, -0.15) is 0 Å². The van der Waals surface area contributed by atoms with Crippen molar-refractivity contribution in [3.8, 4) is 16.3 Å². The van der Waals surface area contributed by atoms with Crippen molar-refractivity contribution in [3.63, 3.8) is 0 Å². The number of aromatic nitrogens is 2. The molecule has 1 aliphatic rings. The molecule has 1 aliphatic heterocycles. The Morgan fingerprint density at radius 2 is 1.85 bits per heavy atom. The lowest BCUT2D eigenvalue weighted by Gasteiger charge is -2.30. The fourth-order valence-electron chi connectivity index (χ4n) is 4.34. The van der Waals surface area contributed by atoms with Crippen molar-refractivity contribution in [2.75, 3.05) is 19.0 Å². The molecule has 5 nitrogen and oxygen atoms in total. The van der Waals surface area contributed by atoms with Gasteiger partial charge in [-0.15, -0.1) is 22.7 Å². The number of thiazole rings is 2. The van der Waals surface area contributed by atoms with Gasteiger partial charge in [0, 0.05) is 29.6 Å². The second-order valence-corrected chi connectivity index (χ2v) is 11.7. The maximum atomic E-state index is 5.39. The van der Waals surface area contributed by atoms with E-state index in [0.717, 1.165) is 56.1 Å². The molecule has 0 unspecified atom stereocenters. The lowest BCUT2D eigenvalue weighted by molar-refractivity contribution is 0.206. The van der Waals surface area contributed by atoms with Crippen LogP contribution in [0.2, 0.25) is 0 Å². The van der Waals surface area contributed by atoms with E-state index in [1.807, 2.05) is 29.5 Å². The summed E-state index contributed by atoms with van der Waals surface area (Å²) in [5.74, 6) is 0.855. The van der Waals surface area contributed by atoms with Gasteiger partial charge in [-0.1, -0.05) is 23.5 Å². The molecule has 0 fully saturated rings. The first-order valence-electron chi connectivity index (χ1n) is 11.0. The predicted molar refractivity (Wildman–Crippen MR) is 142 cm³/mol. The number of nitrogens with one attached hydrogen (secondary N) is 1. The van der Waals surface area contributed by atoms with Crippen LogP contribution >= 0.6 is 34.0 Å². The molecule has 5 aromatic rings. The average molecular weight is 493 g/mol. The first kappa shape index (κ1) is 21.0. The highest BCUT2D eigenvalue weighted by Gasteiger charge is 2.28. The molecule has 0 amide bonds. The normalized spacial score (nSPS) is 14.3. The smallest absolute Gasteiger partial charge is 0.188 e. The van der Waals surface area contributed by atoms with E-state index in [2.05, 4.69) is 48.3 Å². The Morgan fingerprint density at radius 1 is 1.00 bits per heavy atom. The molecule has 6 rings (SSSR count). The monoisotopic (exact) mass is 492 g/mol. The topological polar surface area (TPSA) is 50.3 Å². The number of hydrogen-bond acceptors (Lipinski definition) is 8. The highest BCUT2D eigenvalue weighted by molar-refractivity contribution is 7.24. The maximum Gasteiger partial charge on any atom is 0.188 e. The molecule has 0 radical (unpaired) electrons. The third-order valence-electron chi connectivity index (χ3n) is 6.14. The second-order valence-electron chi connectivity index (χ2n) is 8.49. The van der Waals surface area contributed by atoms with Crippen LogP contribution in [0.1, 0.15) is 24.3 Å². The van der Waals surface area contributed by atoms with Crippen molar-refractivity contribution in [2.24, 2.45) is 0 Å². The van der Waals surface area contributed by atoms with Gasteiger partial charge in [-0.05, 0) is 56.2 Å². The van der Waals surface area contributed by atoms with E-state index in [4.69, 9.17) is 14.7 Å². The van der Waals surface area contributed by atoms with Gasteiger partial charge in [0.2, 0.25) is 0 Å². The van der Waals surface area contributed by atoms with Crippen LogP contribution in [-0.2, 0) is 13.0 Å². The summed E-state index contributed by atoms with van der Waals surface area (Å²) in [4.78, 5) is 13.9. The lowest BCUT2D eigenvalue weighted by Crippen LogP contribution is -2.35. The minimum absolute atomic E-state index is 0.543. The molecule has 0 saturated carbocycles. The van der Waals surface area contributed by atoms with Gasteiger partial charge < -0.3 is 10.1 Å². The van der Waals surface area contributed by atoms with E-state index in [0.29, 0.717) is 6.04 Å². The van der Waals surface area contributed by atoms with Gasteiger partial charge in [-0.25, -0.2) is 9.97 Å². The van der Waals surface area contributed by atoms with Gasteiger partial charge in [0.1, 0.15) is 15.8 Å². The third kappa shape index (κ3) is 3.81. The number of nitrogens with zero attached hydrogens (tertiary/aromatic N) is 3. The SMILES string of the molecule is COc1ccc2nc(Nc3sc4c(c3-c3nc5ccccc5s3)CCN(C(C)C)C4)sc2c1. The number of thiophene rings is 1. The van der Waals surface area contributed by atoms with Gasteiger partial charge >= 0.3 is 0 Å². The van der Waals surface area contributed by atoms with Crippen molar-refractivity contribution in [1.29, 1.82) is 0 Å². The van der Waals surface area contributed by atoms with Crippen molar-refractivity contribution in [3.05, 3.63) is 52.9 Å². The summed E-state index contributed by atoms with van der Waals surface area (Å²) in [5, 5.41) is 6.82. The molecule has 0 spiro atoms. The molecule has 0 aliphatic carbocycles. The Labute approximate surface area is 204 Å². The fraction of sp³-hybridized carbons (Fsp3) is 0.280. The first-order valence-corrected chi connectivity index (χ1v) is 13.5. The number of benzene rings is 2. The highest BCUT2D eigenvalue weighted by atomic mass is 32.1. The molecule has 8 heteroatoms. The first-order chi connectivity index (χ1) is 16.1. The van der Waals surface area contributed by atoms with Gasteiger partial charge in [0.05, 0.1) is 27.5 Å². The molecular formula is C25H24N4OS3. The summed E-state index contributed by atoms with van der Waals surface area (Å²) < 4.78 is 7.73. The third-order valence-corrected chi connectivity index (χ3v) is 9.26. The number of para-hydroxylation sites is 1. The number of rotatable bonds is 5. The summed E-state index contributed by atoms with van der Waals surface area (Å²) >= 11 is 5.29. The van der Waals surface area contributed by atoms with Crippen molar-refractivity contribution in [2.45, 2.75) is 32.9 Å². The molecule has 0 saturated heterocycles. The summed E-state index contributed by atoms with van der Waals surface area (Å²) in [6.07, 6.45) is 1.05. The van der Waals surface area contributed by atoms with Crippen LogP contribution in [-0.4, -0.2) is 34.6 Å². The molecule has 0 atom stereocenters. The molecule has 2 aromatic carbocycles. The number of ether oxygens (including phenoxy) is 1. The number of methoxy groups -OCH3 is 1. The van der Waals surface area contributed by atoms with Crippen LogP contribution in [0.3, 0.4) is 0 Å². The van der Waals surface area contributed by atoms with Crippen molar-refractivity contribution in [1.82, 2.24) is 14.9 Å². The van der Waals surface area contributed by atoms with E-state index in [1.165, 1.54) is 20.7 Å². The van der Waals surface area contributed by atoms with Crippen LogP contribution in [0.15, 0.2) is 42.5 Å². The average Bonchev–Trinajstić information content (AvgIpc) is 3.51. The number of anilines is 2. The van der Waals surface area contributed by atoms with Crippen LogP contribution in [0, 0.1) is 0 Å². The molecular weight excluding hydrogens is 469 g/mol. The largest absolute Gasteiger partial charge is 0.497 e. The zero-order chi connectivity index (χ0) is 22.5. The Kier molecular flexibility index (Phi) is 5.33. The zero-order valence-corrected chi connectivity index (χ0v) is 21.2. The lowest BCUT2D eigenvalue weighted by atomic mass is 10.0. The molecule has 168 valence electrons. The number of hydrogen-bond donors (Lipinski definition) is 1. The van der Waals surface area contributed by atoms with Crippen molar-refractivity contribution >= 4 is 64.6 Å². The van der Waals surface area contributed by atoms with E-state index in [-0.39, 0.29) is 0 Å². The standard InChI is InChI=1S/C25H24N4OS3/c1-14(2)29-11-10-16-21(13-29)32-24(22(16)23-26-17-6-4-5-7-19(17)31-23)28-25-27-18-9-8-15(30-3)12-20(18)33-25/h4-9,12,14H,10-11,13H2,1-3H3,(H,27,28). The van der Waals surface area contributed by atoms with Gasteiger partial charge in [0.15, 0.2) is 5.13 Å². The molecule has 4 heterocycles. The number of fused-ring (bicyclic) bond motifs is 3. The van der Waals surface area contributed by atoms with E-state index in [1.54, 1.807) is 29.8 Å². The Hall–Kier alpha value is -2.52. The predicted octanol–water partition coefficient (Wildman–Crippen LogP) is 7.15. The summed E-state index contributed by atoms with van der Waals surface area (Å²) in [6.45, 7) is 6.64. The quantitative estimate of drug-likeness (QED) is 0.282. The molecule has 0 bridgehead atoms. The Balaban J connectivity index is 1.45. The molecule has 1 N–H and O–H groups in total. The second kappa shape index (κ2) is 8.36. The Morgan fingerprint density at radius 3 is 2.67 bits per heavy atom. The molecule has 3 aromatic heterocycles. The van der Waals surface area contributed by atoms with Gasteiger partial charge in [0.25, 0.3) is 0 Å². The van der Waals surface area contributed by atoms with E-state index < -0.39 is 0 Å². The van der Waals surface area contributed by atoms with Crippen LogP contribution in [0.5, 0.6) is 5.75 Å². The maximum absolute atomic E-state index is 5.39. The van der Waals surface area contributed by atoms with Crippen LogP contribution < -0.4 is 10.1 Å². The zero-order valence-electron chi connectivity index (χ0n) is 18.7. The summed E-state index contributed by atoms with van der Waals surface area (Å²) in [6, 6.07) is 15.0. The van der Waals surface area contributed by atoms with Crippen molar-refractivity contribution < 1.29 is 4.74 Å². The highest BCUT2D eigenvalue weighted by Crippen LogP contribution is 2.47. The van der Waals surface area contributed by atoms with E-state index >= 15 is 0 Å². The van der Waals surface area contributed by atoms with Gasteiger partial charge in [-0.3, -0.25) is 4.90 Å². The minimum Gasteiger partial charge on any atom is -0.497 e. The van der Waals surface area contributed by atoms with Crippen LogP contribution in [0.25, 0.3) is 31.0 Å². The fourth-order valence-corrected chi connectivity index (χ4v) is 7.69. The minimum atomic E-state index is 0.543. The summed E-state index contributed by atoms with van der Waals surface area (Å²) in [7, 11) is 1.70. The van der Waals surface area contributed by atoms with Crippen LogP contribution in [0.4, 0.5) is 10.1 Å². The summed E-state index contributed by atoms with van der Waals surface area (Å²) in [5.41, 5.74) is 4.75.